The fourth-order valence-corrected chi connectivity index (χ4v) is 8.52. The van der Waals surface area contributed by atoms with E-state index in [0.717, 1.165) is 11.1 Å². The summed E-state index contributed by atoms with van der Waals surface area (Å²) in [5, 5.41) is 11.6. The second kappa shape index (κ2) is 26.0. The molecule has 2 aliphatic rings. The number of esters is 1. The molecule has 4 amide bonds. The zero-order chi connectivity index (χ0) is 51.2. The fraction of sp³-hybridized carbons (Fsp3) is 0.585. The van der Waals surface area contributed by atoms with Crippen molar-refractivity contribution in [3.63, 3.8) is 0 Å². The van der Waals surface area contributed by atoms with Crippen molar-refractivity contribution in [2.24, 2.45) is 29.1 Å². The van der Waals surface area contributed by atoms with Gasteiger partial charge in [-0.2, -0.15) is 0 Å². The highest BCUT2D eigenvalue weighted by Gasteiger charge is 2.48. The van der Waals surface area contributed by atoms with E-state index < -0.39 is 59.3 Å². The topological polar surface area (TPSA) is 216 Å². The number of epoxide rings is 1. The predicted molar refractivity (Wildman–Crippen MR) is 262 cm³/mol. The number of benzene rings is 2. The second-order valence-corrected chi connectivity index (χ2v) is 20.5. The minimum Gasteiger partial charge on any atom is -0.495 e. The summed E-state index contributed by atoms with van der Waals surface area (Å²) in [6, 6.07) is 10.1. The van der Waals surface area contributed by atoms with E-state index in [0.29, 0.717) is 42.0 Å². The van der Waals surface area contributed by atoms with Crippen LogP contribution in [-0.4, -0.2) is 90.9 Å². The zero-order valence-corrected chi connectivity index (χ0v) is 42.7. The molecule has 2 aliphatic heterocycles. The summed E-state index contributed by atoms with van der Waals surface area (Å²) in [4.78, 5) is 105. The average molecular weight is 978 g/mol. The molecule has 4 N–H and O–H groups in total. The van der Waals surface area contributed by atoms with Gasteiger partial charge in [-0.1, -0.05) is 82.6 Å². The smallest absolute Gasteiger partial charge is 0.328 e. The van der Waals surface area contributed by atoms with Crippen molar-refractivity contribution in [1.82, 2.24) is 21.3 Å². The average Bonchev–Trinajstić information content (AvgIpc) is 4.09. The molecule has 69 heavy (non-hydrogen) atoms. The molecule has 0 bridgehead atoms. The predicted octanol–water partition coefficient (Wildman–Crippen LogP) is 6.69. The van der Waals surface area contributed by atoms with Crippen LogP contribution in [-0.2, 0) is 60.7 Å². The van der Waals surface area contributed by atoms with Gasteiger partial charge in [-0.3, -0.25) is 28.8 Å². The van der Waals surface area contributed by atoms with Crippen molar-refractivity contribution in [3.05, 3.63) is 76.3 Å². The number of halogens is 1. The normalized spacial score (nSPS) is 22.8. The van der Waals surface area contributed by atoms with Crippen molar-refractivity contribution in [2.45, 2.75) is 157 Å². The summed E-state index contributed by atoms with van der Waals surface area (Å²) in [6.45, 7) is 15.9. The van der Waals surface area contributed by atoms with Gasteiger partial charge in [0, 0.05) is 56.9 Å². The van der Waals surface area contributed by atoms with Gasteiger partial charge in [0.15, 0.2) is 5.78 Å². The highest BCUT2D eigenvalue weighted by molar-refractivity contribution is 6.32. The molecule has 0 radical (unpaired) electrons. The monoisotopic (exact) mass is 976 g/mol. The number of cyclic esters (lactones) is 1. The van der Waals surface area contributed by atoms with Crippen LogP contribution in [0.15, 0.2) is 54.6 Å². The molecule has 4 rings (SSSR count). The van der Waals surface area contributed by atoms with Gasteiger partial charge in [0.1, 0.15) is 41.6 Å². The fourth-order valence-electron chi connectivity index (χ4n) is 8.24. The van der Waals surface area contributed by atoms with Crippen LogP contribution in [0.2, 0.25) is 5.02 Å². The van der Waals surface area contributed by atoms with Crippen LogP contribution in [0, 0.1) is 29.1 Å². The summed E-state index contributed by atoms with van der Waals surface area (Å²) in [5.41, 5.74) is 1.33. The third-order valence-corrected chi connectivity index (χ3v) is 13.1. The number of Topliss-reactive ketones (excluding diaryl/α,β-unsaturated/α-hetero) is 3. The first-order chi connectivity index (χ1) is 32.5. The number of hydrogen-bond acceptors (Lipinski definition) is 11. The van der Waals surface area contributed by atoms with Crippen molar-refractivity contribution in [3.8, 4) is 5.75 Å². The van der Waals surface area contributed by atoms with E-state index in [4.69, 9.17) is 25.8 Å². The third-order valence-electron chi connectivity index (χ3n) is 12.8. The maximum atomic E-state index is 14.0. The molecule has 2 aromatic carbocycles. The Hall–Kier alpha value is -5.41. The Morgan fingerprint density at radius 1 is 0.899 bits per heavy atom. The van der Waals surface area contributed by atoms with Crippen LogP contribution >= 0.6 is 11.6 Å². The number of methoxy groups -OCH3 is 1. The maximum absolute atomic E-state index is 14.0. The van der Waals surface area contributed by atoms with Crippen LogP contribution in [0.4, 0.5) is 0 Å². The van der Waals surface area contributed by atoms with Gasteiger partial charge in [-0.25, -0.2) is 4.79 Å². The quantitative estimate of drug-likeness (QED) is 0.0763. The second-order valence-electron chi connectivity index (χ2n) is 20.1. The number of aryl methyl sites for hydroxylation is 1. The number of ketones is 3. The van der Waals surface area contributed by atoms with E-state index in [2.05, 4.69) is 21.3 Å². The summed E-state index contributed by atoms with van der Waals surface area (Å²) >= 11 is 6.37. The molecule has 2 heterocycles. The van der Waals surface area contributed by atoms with E-state index in [1.165, 1.54) is 20.1 Å². The van der Waals surface area contributed by atoms with Gasteiger partial charge in [0.25, 0.3) is 0 Å². The summed E-state index contributed by atoms with van der Waals surface area (Å²) in [5.74, 6) is -3.22. The Kier molecular flexibility index (Phi) is 21.2. The number of amides is 4. The van der Waals surface area contributed by atoms with Crippen LogP contribution in [0.5, 0.6) is 5.75 Å². The molecule has 0 saturated carbocycles. The molecule has 15 nitrogen and oxygen atoms in total. The molecule has 0 aromatic heterocycles. The van der Waals surface area contributed by atoms with Gasteiger partial charge in [0.05, 0.1) is 29.7 Å². The Labute approximate surface area is 412 Å². The van der Waals surface area contributed by atoms with Crippen LogP contribution in [0.3, 0.4) is 0 Å². The van der Waals surface area contributed by atoms with E-state index in [9.17, 15) is 38.4 Å². The first-order valence-corrected chi connectivity index (χ1v) is 24.5. The van der Waals surface area contributed by atoms with Crippen LogP contribution < -0.4 is 26.0 Å². The van der Waals surface area contributed by atoms with Gasteiger partial charge < -0.3 is 40.3 Å². The molecule has 0 spiro atoms. The molecule has 0 aliphatic carbocycles. The van der Waals surface area contributed by atoms with Crippen molar-refractivity contribution in [2.75, 3.05) is 13.7 Å². The van der Waals surface area contributed by atoms with E-state index in [-0.39, 0.29) is 91.9 Å². The SMILES string of the molecule is COc1ccc(C[C@H]2NC(=O)/C=C/C[C@@H]([C@H](C)[C@H]3O[C@@H]3c3ccc(CCC(=O)[C@H](C)NC(=O)[C@@H](CC(=O)CCCC(C)=O)C(C)C)cc3)OC(=O)[C@H](CC(C)C)NC(=O)C(C)(C)CNC2=O)cc1Cl. The molecule has 1 saturated heterocycles. The highest BCUT2D eigenvalue weighted by Crippen LogP contribution is 2.45. The molecule has 2 aromatic rings. The summed E-state index contributed by atoms with van der Waals surface area (Å²) in [7, 11) is 1.50. The summed E-state index contributed by atoms with van der Waals surface area (Å²) in [6.07, 6.45) is 3.74. The Morgan fingerprint density at radius 2 is 1.58 bits per heavy atom. The van der Waals surface area contributed by atoms with Gasteiger partial charge in [-0.15, -0.1) is 0 Å². The number of carbonyl (C=O) groups excluding carboxylic acids is 8. The minimum absolute atomic E-state index is 0.0191. The Bertz CT molecular complexity index is 2190. The number of rotatable bonds is 21. The lowest BCUT2D eigenvalue weighted by Gasteiger charge is -2.30. The van der Waals surface area contributed by atoms with Crippen LogP contribution in [0.25, 0.3) is 0 Å². The van der Waals surface area contributed by atoms with E-state index in [1.54, 1.807) is 45.0 Å². The van der Waals surface area contributed by atoms with Crippen molar-refractivity contribution >= 4 is 58.5 Å². The van der Waals surface area contributed by atoms with Gasteiger partial charge >= 0.3 is 5.97 Å². The standard InChI is InChI=1S/C53H73ClN4O11/c1-30(2)25-42-51(65)68-44(15-12-16-46(62)57-41(27-36-20-24-45(67-10)40(54)26-36)50(64)55-29-53(8,9)52(66)58-42)33(6)47-48(69-47)37-21-17-35(18-22-37)19-23-43(61)34(7)56-49(63)39(31(3)4)28-38(60)14-11-13-32(5)59/h12,16-18,20-22,24,26,30-31,33-34,39,41-42,44,47-48H,11,13-15,19,23,25,27-29H2,1-10H3,(H,55,64)(H,56,63)(H,57,62)(H,58,66)/b16-12+/t33-,34-,39-,41+,42-,44-,47+,48+/m0/s1. The molecule has 1 fully saturated rings. The Morgan fingerprint density at radius 3 is 2.20 bits per heavy atom. The lowest BCUT2D eigenvalue weighted by molar-refractivity contribution is -0.157. The lowest BCUT2D eigenvalue weighted by Crippen LogP contribution is -2.54. The third kappa shape index (κ3) is 17.5. The largest absolute Gasteiger partial charge is 0.495 e. The number of carbonyl (C=O) groups is 8. The van der Waals surface area contributed by atoms with Crippen molar-refractivity contribution in [1.29, 1.82) is 0 Å². The zero-order valence-electron chi connectivity index (χ0n) is 41.9. The molecule has 8 atom stereocenters. The molecular weight excluding hydrogens is 904 g/mol. The molecule has 378 valence electrons. The summed E-state index contributed by atoms with van der Waals surface area (Å²) < 4.78 is 17.7. The maximum Gasteiger partial charge on any atom is 0.328 e. The molecular formula is C53H73ClN4O11. The lowest BCUT2D eigenvalue weighted by atomic mass is 9.88. The number of hydrogen-bond donors (Lipinski definition) is 4. The minimum atomic E-state index is -1.15. The first kappa shape index (κ1) is 56.2. The highest BCUT2D eigenvalue weighted by atomic mass is 35.5. The van der Waals surface area contributed by atoms with Crippen LogP contribution in [0.1, 0.15) is 130 Å². The van der Waals surface area contributed by atoms with Gasteiger partial charge in [0.2, 0.25) is 23.6 Å². The first-order valence-electron chi connectivity index (χ1n) is 24.2. The molecule has 16 heteroatoms. The van der Waals surface area contributed by atoms with E-state index in [1.807, 2.05) is 58.9 Å². The van der Waals surface area contributed by atoms with Gasteiger partial charge in [-0.05, 0) is 93.7 Å². The molecule has 0 unspecified atom stereocenters. The van der Waals surface area contributed by atoms with E-state index >= 15 is 0 Å². The van der Waals surface area contributed by atoms with Crippen molar-refractivity contribution < 1.29 is 52.6 Å². The number of ether oxygens (including phenoxy) is 3. The number of nitrogens with one attached hydrogen (secondary N) is 4. The Balaban J connectivity index is 1.43.